The number of hydrogen-bond acceptors (Lipinski definition) is 3. The molecular formula is C21H24N2O3. The van der Waals surface area contributed by atoms with Crippen molar-refractivity contribution < 1.29 is 14.3 Å². The fourth-order valence-corrected chi connectivity index (χ4v) is 3.12. The number of fused-ring (bicyclic) bond motifs is 1. The van der Waals surface area contributed by atoms with Gasteiger partial charge in [0.2, 0.25) is 5.91 Å². The number of methoxy groups -OCH3 is 2. The molecule has 1 N–H and O–H groups in total. The minimum absolute atomic E-state index is 0.0719. The standard InChI is InChI=1S/C21H24N2O3/c1-14(2)16-7-5-6-8-18(16)22-21(24)13-23-10-9-17-19(23)11-15(25-3)12-20(17)26-4/h5-12,14H,13H2,1-4H3,(H,22,24). The number of nitrogens with zero attached hydrogens (tertiary/aromatic N) is 1. The van der Waals surface area contributed by atoms with Crippen LogP contribution in [0.1, 0.15) is 25.3 Å². The molecule has 1 heterocycles. The summed E-state index contributed by atoms with van der Waals surface area (Å²) in [6.45, 7) is 4.44. The van der Waals surface area contributed by atoms with Crippen molar-refractivity contribution in [1.29, 1.82) is 0 Å². The first kappa shape index (κ1) is 17.9. The number of aromatic nitrogens is 1. The highest BCUT2D eigenvalue weighted by Crippen LogP contribution is 2.32. The van der Waals surface area contributed by atoms with Crippen LogP contribution in [-0.4, -0.2) is 24.7 Å². The first-order valence-electron chi connectivity index (χ1n) is 8.63. The maximum atomic E-state index is 12.6. The molecule has 0 saturated heterocycles. The van der Waals surface area contributed by atoms with Gasteiger partial charge in [0.25, 0.3) is 0 Å². The highest BCUT2D eigenvalue weighted by Gasteiger charge is 2.13. The lowest BCUT2D eigenvalue weighted by Gasteiger charge is -2.14. The second kappa shape index (κ2) is 7.52. The lowest BCUT2D eigenvalue weighted by molar-refractivity contribution is -0.116. The molecule has 3 rings (SSSR count). The Hall–Kier alpha value is -2.95. The van der Waals surface area contributed by atoms with Gasteiger partial charge in [0.05, 0.1) is 19.7 Å². The van der Waals surface area contributed by atoms with Gasteiger partial charge < -0.3 is 19.4 Å². The van der Waals surface area contributed by atoms with Gasteiger partial charge in [0.15, 0.2) is 0 Å². The molecule has 0 atom stereocenters. The first-order valence-corrected chi connectivity index (χ1v) is 8.63. The summed E-state index contributed by atoms with van der Waals surface area (Å²) in [7, 11) is 3.24. The smallest absolute Gasteiger partial charge is 0.244 e. The maximum absolute atomic E-state index is 12.6. The third-order valence-corrected chi connectivity index (χ3v) is 4.45. The minimum Gasteiger partial charge on any atom is -0.497 e. The van der Waals surface area contributed by atoms with Gasteiger partial charge in [-0.1, -0.05) is 32.0 Å². The zero-order valence-corrected chi connectivity index (χ0v) is 15.6. The zero-order chi connectivity index (χ0) is 18.7. The van der Waals surface area contributed by atoms with E-state index in [1.165, 1.54) is 0 Å². The lowest BCUT2D eigenvalue weighted by atomic mass is 10.0. The van der Waals surface area contributed by atoms with Crippen LogP contribution in [-0.2, 0) is 11.3 Å². The van der Waals surface area contributed by atoms with Crippen molar-refractivity contribution in [2.45, 2.75) is 26.3 Å². The molecule has 26 heavy (non-hydrogen) atoms. The molecule has 0 unspecified atom stereocenters. The van der Waals surface area contributed by atoms with Crippen molar-refractivity contribution in [3.8, 4) is 11.5 Å². The Morgan fingerprint density at radius 1 is 1.12 bits per heavy atom. The van der Waals surface area contributed by atoms with Gasteiger partial charge in [-0.05, 0) is 23.6 Å². The fourth-order valence-electron chi connectivity index (χ4n) is 3.12. The number of nitrogens with one attached hydrogen (secondary N) is 1. The number of benzene rings is 2. The van der Waals surface area contributed by atoms with E-state index in [-0.39, 0.29) is 12.5 Å². The van der Waals surface area contributed by atoms with E-state index < -0.39 is 0 Å². The number of anilines is 1. The lowest BCUT2D eigenvalue weighted by Crippen LogP contribution is -2.19. The number of ether oxygens (including phenoxy) is 2. The van der Waals surface area contributed by atoms with Crippen LogP contribution in [0, 0.1) is 0 Å². The summed E-state index contributed by atoms with van der Waals surface area (Å²) in [6, 6.07) is 13.6. The number of amides is 1. The molecule has 1 aromatic heterocycles. The largest absolute Gasteiger partial charge is 0.497 e. The van der Waals surface area contributed by atoms with Crippen LogP contribution in [0.4, 0.5) is 5.69 Å². The molecular weight excluding hydrogens is 328 g/mol. The Balaban J connectivity index is 1.86. The Morgan fingerprint density at radius 2 is 1.88 bits per heavy atom. The van der Waals surface area contributed by atoms with Crippen molar-refractivity contribution in [3.05, 3.63) is 54.2 Å². The Morgan fingerprint density at radius 3 is 2.58 bits per heavy atom. The number of hydrogen-bond donors (Lipinski definition) is 1. The van der Waals surface area contributed by atoms with Gasteiger partial charge in [-0.2, -0.15) is 0 Å². The molecule has 136 valence electrons. The molecule has 0 radical (unpaired) electrons. The van der Waals surface area contributed by atoms with Crippen LogP contribution in [0.15, 0.2) is 48.7 Å². The number of carbonyl (C=O) groups excluding carboxylic acids is 1. The van der Waals surface area contributed by atoms with Crippen molar-refractivity contribution in [2.75, 3.05) is 19.5 Å². The SMILES string of the molecule is COc1cc(OC)c2ccn(CC(=O)Nc3ccccc3C(C)C)c2c1. The zero-order valence-electron chi connectivity index (χ0n) is 15.6. The molecule has 2 aromatic carbocycles. The maximum Gasteiger partial charge on any atom is 0.244 e. The van der Waals surface area contributed by atoms with Gasteiger partial charge >= 0.3 is 0 Å². The predicted octanol–water partition coefficient (Wildman–Crippen LogP) is 4.42. The quantitative estimate of drug-likeness (QED) is 0.714. The van der Waals surface area contributed by atoms with Crippen LogP contribution in [0.3, 0.4) is 0 Å². The third kappa shape index (κ3) is 3.52. The average molecular weight is 352 g/mol. The monoisotopic (exact) mass is 352 g/mol. The fraction of sp³-hybridized carbons (Fsp3) is 0.286. The number of carbonyl (C=O) groups is 1. The second-order valence-electron chi connectivity index (χ2n) is 6.50. The highest BCUT2D eigenvalue weighted by molar-refractivity contribution is 5.94. The number of para-hydroxylation sites is 1. The molecule has 1 amide bonds. The van der Waals surface area contributed by atoms with Gasteiger partial charge in [0, 0.05) is 29.4 Å². The molecule has 0 bridgehead atoms. The Kier molecular flexibility index (Phi) is 5.16. The van der Waals surface area contributed by atoms with E-state index >= 15 is 0 Å². The van der Waals surface area contributed by atoms with Crippen LogP contribution >= 0.6 is 0 Å². The van der Waals surface area contributed by atoms with Gasteiger partial charge in [-0.15, -0.1) is 0 Å². The molecule has 0 aliphatic carbocycles. The second-order valence-corrected chi connectivity index (χ2v) is 6.50. The van der Waals surface area contributed by atoms with Crippen molar-refractivity contribution in [3.63, 3.8) is 0 Å². The Bertz CT molecular complexity index is 928. The van der Waals surface area contributed by atoms with E-state index in [2.05, 4.69) is 19.2 Å². The summed E-state index contributed by atoms with van der Waals surface area (Å²) in [5.74, 6) is 1.69. The molecule has 5 nitrogen and oxygen atoms in total. The van der Waals surface area contributed by atoms with Crippen molar-refractivity contribution in [1.82, 2.24) is 4.57 Å². The minimum atomic E-state index is -0.0719. The first-order chi connectivity index (χ1) is 12.5. The molecule has 0 fully saturated rings. The molecule has 5 heteroatoms. The van der Waals surface area contributed by atoms with Crippen LogP contribution in [0.5, 0.6) is 11.5 Å². The molecule has 3 aromatic rings. The molecule has 0 spiro atoms. The molecule has 0 aliphatic heterocycles. The van der Waals surface area contributed by atoms with E-state index in [0.717, 1.165) is 27.9 Å². The summed E-state index contributed by atoms with van der Waals surface area (Å²) < 4.78 is 12.7. The van der Waals surface area contributed by atoms with E-state index in [9.17, 15) is 4.79 Å². The Labute approximate surface area is 153 Å². The predicted molar refractivity (Wildman–Crippen MR) is 104 cm³/mol. The normalized spacial score (nSPS) is 11.0. The van der Waals surface area contributed by atoms with Crippen molar-refractivity contribution in [2.24, 2.45) is 0 Å². The van der Waals surface area contributed by atoms with Crippen molar-refractivity contribution >= 4 is 22.5 Å². The summed E-state index contributed by atoms with van der Waals surface area (Å²) >= 11 is 0. The van der Waals surface area contributed by atoms with E-state index in [0.29, 0.717) is 11.7 Å². The number of rotatable bonds is 6. The average Bonchev–Trinajstić information content (AvgIpc) is 3.03. The van der Waals surface area contributed by atoms with Crippen LogP contribution < -0.4 is 14.8 Å². The van der Waals surface area contributed by atoms with Gasteiger partial charge in [-0.25, -0.2) is 0 Å². The summed E-state index contributed by atoms with van der Waals surface area (Å²) in [5.41, 5.74) is 2.88. The van der Waals surface area contributed by atoms with E-state index in [1.54, 1.807) is 14.2 Å². The van der Waals surface area contributed by atoms with E-state index in [4.69, 9.17) is 9.47 Å². The van der Waals surface area contributed by atoms with Crippen LogP contribution in [0.2, 0.25) is 0 Å². The summed E-state index contributed by atoms with van der Waals surface area (Å²) in [5, 5.41) is 3.98. The van der Waals surface area contributed by atoms with E-state index in [1.807, 2.05) is 53.2 Å². The van der Waals surface area contributed by atoms with Gasteiger partial charge in [0.1, 0.15) is 18.0 Å². The molecule has 0 saturated carbocycles. The molecule has 0 aliphatic rings. The van der Waals surface area contributed by atoms with Gasteiger partial charge in [-0.3, -0.25) is 4.79 Å². The topological polar surface area (TPSA) is 52.5 Å². The highest BCUT2D eigenvalue weighted by atomic mass is 16.5. The summed E-state index contributed by atoms with van der Waals surface area (Å²) in [6.07, 6.45) is 1.89. The van der Waals surface area contributed by atoms with Crippen LogP contribution in [0.25, 0.3) is 10.9 Å². The summed E-state index contributed by atoms with van der Waals surface area (Å²) in [4.78, 5) is 12.6. The third-order valence-electron chi connectivity index (χ3n) is 4.45.